The Morgan fingerprint density at radius 3 is 1.96 bits per heavy atom. The molecule has 0 unspecified atom stereocenters. The van der Waals surface area contributed by atoms with Crippen LogP contribution in [0.1, 0.15) is 29.2 Å². The van der Waals surface area contributed by atoms with Gasteiger partial charge < -0.3 is 5.11 Å². The average Bonchev–Trinajstić information content (AvgIpc) is 2.58. The van der Waals surface area contributed by atoms with Crippen molar-refractivity contribution in [3.8, 4) is 0 Å². The van der Waals surface area contributed by atoms with Crippen LogP contribution in [0.3, 0.4) is 0 Å². The Labute approximate surface area is 143 Å². The van der Waals surface area contributed by atoms with Crippen LogP contribution in [0.25, 0.3) is 5.57 Å². The number of hydrogen-bond donors (Lipinski definition) is 1. The van der Waals surface area contributed by atoms with E-state index in [1.807, 2.05) is 31.2 Å². The lowest BCUT2D eigenvalue weighted by Crippen LogP contribution is -2.04. The van der Waals surface area contributed by atoms with Crippen molar-refractivity contribution in [3.05, 3.63) is 89.0 Å². The molecule has 0 aliphatic heterocycles. The fourth-order valence-corrected chi connectivity index (χ4v) is 2.34. The predicted molar refractivity (Wildman–Crippen MR) is 91.1 cm³/mol. The Kier molecular flexibility index (Phi) is 5.80. The summed E-state index contributed by atoms with van der Waals surface area (Å²) in [5, 5.41) is 8.72. The van der Waals surface area contributed by atoms with Gasteiger partial charge in [-0.2, -0.15) is 13.2 Å². The molecule has 25 heavy (non-hydrogen) atoms. The van der Waals surface area contributed by atoms with E-state index in [1.165, 1.54) is 18.2 Å². The van der Waals surface area contributed by atoms with Crippen LogP contribution in [0.2, 0.25) is 0 Å². The van der Waals surface area contributed by atoms with Gasteiger partial charge in [-0.05, 0) is 40.8 Å². The van der Waals surface area contributed by atoms with Gasteiger partial charge in [0.25, 0.3) is 0 Å². The number of carboxylic acids is 1. The molecule has 2 aromatic rings. The Balaban J connectivity index is 2.45. The highest BCUT2D eigenvalue weighted by atomic mass is 19.4. The number of aryl methyl sites for hydroxylation is 1. The Bertz CT molecular complexity index is 783. The highest BCUT2D eigenvalue weighted by Gasteiger charge is 2.30. The fraction of sp³-hybridized carbons (Fsp3) is 0.150. The standard InChI is InChI=1S/C20H17F3O2/c1-2-14-6-8-15(9-7-14)18(4-3-5-19(24)25)16-10-12-17(13-11-16)20(21,22)23/h3-13H,2H2,1H3,(H,24,25)/b5-3+,18-4+. The first-order valence-electron chi connectivity index (χ1n) is 7.69. The van der Waals surface area contributed by atoms with Gasteiger partial charge in [-0.25, -0.2) is 4.79 Å². The number of halogens is 3. The number of allylic oxidation sites excluding steroid dienone is 2. The summed E-state index contributed by atoms with van der Waals surface area (Å²) in [5.74, 6) is -1.09. The van der Waals surface area contributed by atoms with E-state index < -0.39 is 17.7 Å². The van der Waals surface area contributed by atoms with Crippen molar-refractivity contribution in [3.63, 3.8) is 0 Å². The minimum absolute atomic E-state index is 0.576. The Morgan fingerprint density at radius 1 is 1.00 bits per heavy atom. The van der Waals surface area contributed by atoms with Crippen LogP contribution in [-0.4, -0.2) is 11.1 Å². The third-order valence-corrected chi connectivity index (χ3v) is 3.70. The van der Waals surface area contributed by atoms with E-state index in [0.717, 1.165) is 35.8 Å². The predicted octanol–water partition coefficient (Wildman–Crippen LogP) is 5.34. The molecule has 0 aromatic heterocycles. The molecule has 130 valence electrons. The third kappa shape index (κ3) is 5.08. The van der Waals surface area contributed by atoms with Gasteiger partial charge in [0.1, 0.15) is 0 Å². The summed E-state index contributed by atoms with van der Waals surface area (Å²) >= 11 is 0. The van der Waals surface area contributed by atoms with Crippen molar-refractivity contribution in [2.45, 2.75) is 19.5 Å². The van der Waals surface area contributed by atoms with Gasteiger partial charge >= 0.3 is 12.1 Å². The van der Waals surface area contributed by atoms with Crippen molar-refractivity contribution in [2.24, 2.45) is 0 Å². The van der Waals surface area contributed by atoms with Crippen LogP contribution in [0.4, 0.5) is 13.2 Å². The molecular formula is C20H17F3O2. The van der Waals surface area contributed by atoms with Crippen LogP contribution in [0.15, 0.2) is 66.8 Å². The summed E-state index contributed by atoms with van der Waals surface area (Å²) in [6.07, 6.45) is 0.401. The fourth-order valence-electron chi connectivity index (χ4n) is 2.34. The molecule has 0 saturated heterocycles. The second-order valence-electron chi connectivity index (χ2n) is 5.40. The van der Waals surface area contributed by atoms with Crippen molar-refractivity contribution >= 4 is 11.5 Å². The van der Waals surface area contributed by atoms with Gasteiger partial charge in [0.15, 0.2) is 0 Å². The Hall–Kier alpha value is -2.82. The highest BCUT2D eigenvalue weighted by molar-refractivity contribution is 5.84. The number of rotatable bonds is 5. The summed E-state index contributed by atoms with van der Waals surface area (Å²) in [7, 11) is 0. The monoisotopic (exact) mass is 346 g/mol. The molecule has 0 fully saturated rings. The van der Waals surface area contributed by atoms with Crippen LogP contribution in [0.5, 0.6) is 0 Å². The van der Waals surface area contributed by atoms with Gasteiger partial charge in [-0.3, -0.25) is 0 Å². The summed E-state index contributed by atoms with van der Waals surface area (Å²) in [4.78, 5) is 10.7. The summed E-state index contributed by atoms with van der Waals surface area (Å²) in [6.45, 7) is 2.03. The molecule has 0 heterocycles. The SMILES string of the molecule is CCc1ccc(/C(=C\C=C\C(=O)O)c2ccc(C(F)(F)F)cc2)cc1. The van der Waals surface area contributed by atoms with E-state index in [9.17, 15) is 18.0 Å². The molecule has 2 nitrogen and oxygen atoms in total. The molecular weight excluding hydrogens is 329 g/mol. The lowest BCUT2D eigenvalue weighted by Gasteiger charge is -2.11. The number of carboxylic acid groups (broad SMARTS) is 1. The smallest absolute Gasteiger partial charge is 0.416 e. The van der Waals surface area contributed by atoms with Gasteiger partial charge in [0.2, 0.25) is 0 Å². The second-order valence-corrected chi connectivity index (χ2v) is 5.40. The number of aliphatic carboxylic acids is 1. The maximum Gasteiger partial charge on any atom is 0.416 e. The minimum Gasteiger partial charge on any atom is -0.478 e. The van der Waals surface area contributed by atoms with E-state index in [-0.39, 0.29) is 0 Å². The van der Waals surface area contributed by atoms with E-state index in [4.69, 9.17) is 5.11 Å². The molecule has 0 saturated carbocycles. The zero-order valence-electron chi connectivity index (χ0n) is 13.5. The lowest BCUT2D eigenvalue weighted by atomic mass is 9.95. The van der Waals surface area contributed by atoms with E-state index >= 15 is 0 Å². The lowest BCUT2D eigenvalue weighted by molar-refractivity contribution is -0.137. The molecule has 0 aliphatic rings. The van der Waals surface area contributed by atoms with Gasteiger partial charge in [0.05, 0.1) is 5.56 Å². The molecule has 2 rings (SSSR count). The largest absolute Gasteiger partial charge is 0.478 e. The highest BCUT2D eigenvalue weighted by Crippen LogP contribution is 2.31. The third-order valence-electron chi connectivity index (χ3n) is 3.70. The topological polar surface area (TPSA) is 37.3 Å². The van der Waals surface area contributed by atoms with E-state index in [0.29, 0.717) is 11.1 Å². The van der Waals surface area contributed by atoms with Crippen LogP contribution < -0.4 is 0 Å². The number of benzene rings is 2. The number of alkyl halides is 3. The van der Waals surface area contributed by atoms with Gasteiger partial charge in [-0.15, -0.1) is 0 Å². The summed E-state index contributed by atoms with van der Waals surface area (Å²) in [6, 6.07) is 12.4. The minimum atomic E-state index is -4.39. The Morgan fingerprint density at radius 2 is 1.52 bits per heavy atom. The quantitative estimate of drug-likeness (QED) is 0.586. The molecule has 0 radical (unpaired) electrons. The molecule has 0 bridgehead atoms. The van der Waals surface area contributed by atoms with Crippen molar-refractivity contribution in [1.82, 2.24) is 0 Å². The second kappa shape index (κ2) is 7.83. The van der Waals surface area contributed by atoms with E-state index in [1.54, 1.807) is 6.08 Å². The molecule has 0 aliphatic carbocycles. The average molecular weight is 346 g/mol. The maximum atomic E-state index is 12.7. The normalized spacial score (nSPS) is 12.6. The molecule has 2 aromatic carbocycles. The first kappa shape index (κ1) is 18.5. The van der Waals surface area contributed by atoms with E-state index in [2.05, 4.69) is 0 Å². The van der Waals surface area contributed by atoms with Crippen molar-refractivity contribution in [1.29, 1.82) is 0 Å². The van der Waals surface area contributed by atoms with Crippen LogP contribution in [0, 0.1) is 0 Å². The molecule has 1 N–H and O–H groups in total. The molecule has 5 heteroatoms. The van der Waals surface area contributed by atoms with Crippen molar-refractivity contribution in [2.75, 3.05) is 0 Å². The maximum absolute atomic E-state index is 12.7. The summed E-state index contributed by atoms with van der Waals surface area (Å²) < 4.78 is 38.2. The number of carbonyl (C=O) groups is 1. The zero-order valence-corrected chi connectivity index (χ0v) is 13.5. The van der Waals surface area contributed by atoms with Gasteiger partial charge in [-0.1, -0.05) is 55.5 Å². The molecule has 0 spiro atoms. The van der Waals surface area contributed by atoms with Crippen molar-refractivity contribution < 1.29 is 23.1 Å². The first-order valence-corrected chi connectivity index (χ1v) is 7.69. The first-order chi connectivity index (χ1) is 11.8. The van der Waals surface area contributed by atoms with Crippen LogP contribution >= 0.6 is 0 Å². The summed E-state index contributed by atoms with van der Waals surface area (Å²) in [5.41, 5.74) is 2.43. The number of hydrogen-bond acceptors (Lipinski definition) is 1. The zero-order chi connectivity index (χ0) is 18.4. The molecule has 0 amide bonds. The van der Waals surface area contributed by atoms with Gasteiger partial charge in [0, 0.05) is 6.08 Å². The molecule has 0 atom stereocenters. The van der Waals surface area contributed by atoms with Crippen LogP contribution in [-0.2, 0) is 17.4 Å².